The Bertz CT molecular complexity index is 1030. The first-order valence-corrected chi connectivity index (χ1v) is 9.63. The summed E-state index contributed by atoms with van der Waals surface area (Å²) >= 11 is 0. The van der Waals surface area contributed by atoms with Crippen LogP contribution in [0.1, 0.15) is 30.5 Å². The fourth-order valence-corrected chi connectivity index (χ4v) is 2.88. The van der Waals surface area contributed by atoms with Crippen LogP contribution in [0, 0.1) is 12.8 Å². The van der Waals surface area contributed by atoms with E-state index in [9.17, 15) is 0 Å². The zero-order chi connectivity index (χ0) is 21.0. The first-order chi connectivity index (χ1) is 13.8. The van der Waals surface area contributed by atoms with E-state index in [2.05, 4.69) is 65.7 Å². The van der Waals surface area contributed by atoms with Crippen LogP contribution in [-0.2, 0) is 13.5 Å². The molecule has 3 rings (SSSR count). The summed E-state index contributed by atoms with van der Waals surface area (Å²) in [5, 5.41) is 10.6. The average molecular weight is 389 g/mol. The number of aryl methyl sites for hydroxylation is 2. The minimum atomic E-state index is 0.336. The van der Waals surface area contributed by atoms with Crippen molar-refractivity contribution in [1.29, 1.82) is 0 Å². The Balaban J connectivity index is 1.70. The van der Waals surface area contributed by atoms with Crippen LogP contribution in [0.3, 0.4) is 0 Å². The summed E-state index contributed by atoms with van der Waals surface area (Å²) in [5.41, 5.74) is 6.37. The predicted molar refractivity (Wildman–Crippen MR) is 118 cm³/mol. The third kappa shape index (κ3) is 5.31. The molecule has 29 heavy (non-hydrogen) atoms. The van der Waals surface area contributed by atoms with Gasteiger partial charge >= 0.3 is 0 Å². The van der Waals surface area contributed by atoms with Crippen LogP contribution in [0.5, 0.6) is 0 Å². The monoisotopic (exact) mass is 388 g/mol. The molecule has 3 heterocycles. The zero-order valence-electron chi connectivity index (χ0n) is 17.5. The molecule has 0 amide bonds. The van der Waals surface area contributed by atoms with Gasteiger partial charge in [0.05, 0.1) is 11.9 Å². The minimum absolute atomic E-state index is 0.336. The highest BCUT2D eigenvalue weighted by molar-refractivity contribution is 5.58. The molecule has 0 aliphatic heterocycles. The van der Waals surface area contributed by atoms with Crippen molar-refractivity contribution in [2.75, 3.05) is 5.32 Å². The van der Waals surface area contributed by atoms with Crippen LogP contribution < -0.4 is 10.6 Å². The van der Waals surface area contributed by atoms with E-state index in [-0.39, 0.29) is 0 Å². The van der Waals surface area contributed by atoms with E-state index in [1.165, 1.54) is 11.1 Å². The first-order valence-electron chi connectivity index (χ1n) is 9.63. The van der Waals surface area contributed by atoms with E-state index in [0.717, 1.165) is 34.8 Å². The molecule has 6 nitrogen and oxygen atoms in total. The second-order valence-electron chi connectivity index (χ2n) is 7.53. The van der Waals surface area contributed by atoms with Gasteiger partial charge in [0.25, 0.3) is 0 Å². The van der Waals surface area contributed by atoms with Gasteiger partial charge in [0, 0.05) is 36.9 Å². The van der Waals surface area contributed by atoms with Gasteiger partial charge in [-0.2, -0.15) is 5.10 Å². The van der Waals surface area contributed by atoms with Gasteiger partial charge in [0.1, 0.15) is 11.6 Å². The summed E-state index contributed by atoms with van der Waals surface area (Å²) < 4.78 is 1.78. The Morgan fingerprint density at radius 3 is 2.62 bits per heavy atom. The Morgan fingerprint density at radius 2 is 1.97 bits per heavy atom. The summed E-state index contributed by atoms with van der Waals surface area (Å²) in [4.78, 5) is 9.01. The van der Waals surface area contributed by atoms with Crippen LogP contribution >= 0.6 is 0 Å². The molecule has 0 saturated heterocycles. The molecule has 0 radical (unpaired) electrons. The largest absolute Gasteiger partial charge is 0.346 e. The Hall–Kier alpha value is -3.41. The predicted octanol–water partition coefficient (Wildman–Crippen LogP) is 4.42. The lowest BCUT2D eigenvalue weighted by molar-refractivity contribution is 0.706. The van der Waals surface area contributed by atoms with Gasteiger partial charge in [-0.1, -0.05) is 27.0 Å². The molecular weight excluding hydrogens is 360 g/mol. The molecule has 3 aromatic heterocycles. The molecule has 0 spiro atoms. The Morgan fingerprint density at radius 1 is 1.17 bits per heavy atom. The van der Waals surface area contributed by atoms with Gasteiger partial charge in [0.15, 0.2) is 0 Å². The lowest BCUT2D eigenvalue weighted by Crippen LogP contribution is -2.20. The van der Waals surface area contributed by atoms with Gasteiger partial charge in [-0.05, 0) is 54.2 Å². The quantitative estimate of drug-likeness (QED) is 0.598. The highest BCUT2D eigenvalue weighted by Crippen LogP contribution is 2.21. The van der Waals surface area contributed by atoms with Crippen LogP contribution in [0.25, 0.3) is 11.3 Å². The van der Waals surface area contributed by atoms with Crippen molar-refractivity contribution in [2.24, 2.45) is 13.0 Å². The molecule has 0 aromatic carbocycles. The number of hydrogen-bond acceptors (Lipinski definition) is 5. The highest BCUT2D eigenvalue weighted by atomic mass is 15.2. The number of rotatable bonds is 8. The average Bonchev–Trinajstić information content (AvgIpc) is 3.10. The molecule has 6 heteroatoms. The number of nitrogens with zero attached hydrogens (tertiary/aromatic N) is 4. The molecule has 150 valence electrons. The standard InChI is InChI=1S/C23H28N6/c1-15(2)17(4)27-18(5)28-23-9-16(3)20(12-25-23)10-19-7-8-24-22(11-19)21-13-26-29(6)14-21/h7-9,11-15,27H,4-5,10H2,1-3,6H3,(H,25,28). The fraction of sp³-hybridized carbons (Fsp3) is 0.261. The number of aromatic nitrogens is 4. The van der Waals surface area contributed by atoms with E-state index in [4.69, 9.17) is 0 Å². The molecule has 0 aliphatic carbocycles. The zero-order valence-corrected chi connectivity index (χ0v) is 17.5. The van der Waals surface area contributed by atoms with Crippen molar-refractivity contribution in [3.8, 4) is 11.3 Å². The van der Waals surface area contributed by atoms with Crippen molar-refractivity contribution in [2.45, 2.75) is 27.2 Å². The summed E-state index contributed by atoms with van der Waals surface area (Å²) in [7, 11) is 1.90. The van der Waals surface area contributed by atoms with Crippen LogP contribution in [0.4, 0.5) is 5.82 Å². The van der Waals surface area contributed by atoms with Gasteiger partial charge in [-0.25, -0.2) is 4.98 Å². The Kier molecular flexibility index (Phi) is 6.12. The number of nitrogens with one attached hydrogen (secondary N) is 2. The lowest BCUT2D eigenvalue weighted by Gasteiger charge is -2.16. The molecule has 0 unspecified atom stereocenters. The number of allylic oxidation sites excluding steroid dienone is 1. The number of hydrogen-bond donors (Lipinski definition) is 2. The van der Waals surface area contributed by atoms with Gasteiger partial charge in [-0.3, -0.25) is 9.67 Å². The van der Waals surface area contributed by atoms with Gasteiger partial charge < -0.3 is 10.6 Å². The molecule has 0 atom stereocenters. The third-order valence-electron chi connectivity index (χ3n) is 4.73. The maximum Gasteiger partial charge on any atom is 0.131 e. The summed E-state index contributed by atoms with van der Waals surface area (Å²) in [6.45, 7) is 14.3. The Labute approximate surface area is 172 Å². The van der Waals surface area contributed by atoms with E-state index < -0.39 is 0 Å². The smallest absolute Gasteiger partial charge is 0.131 e. The second-order valence-corrected chi connectivity index (χ2v) is 7.53. The number of anilines is 1. The van der Waals surface area contributed by atoms with Gasteiger partial charge in [-0.15, -0.1) is 0 Å². The highest BCUT2D eigenvalue weighted by Gasteiger charge is 2.08. The molecule has 3 aromatic rings. The van der Waals surface area contributed by atoms with E-state index in [1.807, 2.05) is 44.0 Å². The van der Waals surface area contributed by atoms with Crippen LogP contribution in [-0.4, -0.2) is 19.7 Å². The van der Waals surface area contributed by atoms with Crippen molar-refractivity contribution in [3.63, 3.8) is 0 Å². The SMILES string of the molecule is C=C(NC(=C)C(C)C)Nc1cc(C)c(Cc2ccnc(-c3cnn(C)c3)c2)cn1. The van der Waals surface area contributed by atoms with Crippen molar-refractivity contribution >= 4 is 5.82 Å². The molecule has 0 fully saturated rings. The molecule has 2 N–H and O–H groups in total. The van der Waals surface area contributed by atoms with Gasteiger partial charge in [0.2, 0.25) is 0 Å². The summed E-state index contributed by atoms with van der Waals surface area (Å²) in [5.74, 6) is 1.76. The molecular formula is C23H28N6. The number of pyridine rings is 2. The van der Waals surface area contributed by atoms with E-state index in [1.54, 1.807) is 4.68 Å². The summed E-state index contributed by atoms with van der Waals surface area (Å²) in [6, 6.07) is 6.17. The fourth-order valence-electron chi connectivity index (χ4n) is 2.88. The maximum absolute atomic E-state index is 4.54. The molecule has 0 saturated carbocycles. The minimum Gasteiger partial charge on any atom is -0.346 e. The van der Waals surface area contributed by atoms with Crippen molar-refractivity contribution in [1.82, 2.24) is 25.1 Å². The molecule has 0 aliphatic rings. The first kappa shape index (κ1) is 20.3. The van der Waals surface area contributed by atoms with Crippen LogP contribution in [0.2, 0.25) is 0 Å². The normalized spacial score (nSPS) is 10.8. The van der Waals surface area contributed by atoms with Crippen molar-refractivity contribution < 1.29 is 0 Å². The second kappa shape index (κ2) is 8.73. The van der Waals surface area contributed by atoms with E-state index >= 15 is 0 Å². The lowest BCUT2D eigenvalue weighted by atomic mass is 10.0. The van der Waals surface area contributed by atoms with Crippen LogP contribution in [0.15, 0.2) is 67.7 Å². The third-order valence-corrected chi connectivity index (χ3v) is 4.73. The maximum atomic E-state index is 4.54. The van der Waals surface area contributed by atoms with Crippen molar-refractivity contribution in [3.05, 3.63) is 84.4 Å². The topological polar surface area (TPSA) is 67.7 Å². The molecule has 0 bridgehead atoms. The summed E-state index contributed by atoms with van der Waals surface area (Å²) in [6.07, 6.45) is 8.33. The van der Waals surface area contributed by atoms with E-state index in [0.29, 0.717) is 11.7 Å².